The molecule has 0 aliphatic carbocycles. The predicted octanol–water partition coefficient (Wildman–Crippen LogP) is 2.28. The summed E-state index contributed by atoms with van der Waals surface area (Å²) >= 11 is 1.14. The van der Waals surface area contributed by atoms with E-state index in [2.05, 4.69) is 15.8 Å². The van der Waals surface area contributed by atoms with E-state index in [1.54, 1.807) is 19.9 Å². The lowest BCUT2D eigenvalue weighted by atomic mass is 10.3. The Morgan fingerprint density at radius 1 is 1.25 bits per heavy atom. The van der Waals surface area contributed by atoms with Crippen molar-refractivity contribution in [3.05, 3.63) is 41.9 Å². The maximum absolute atomic E-state index is 12.9. The van der Waals surface area contributed by atoms with Crippen LogP contribution in [0.15, 0.2) is 34.9 Å². The third kappa shape index (κ3) is 6.69. The average Bonchev–Trinajstić information content (AvgIpc) is 3.05. The van der Waals surface area contributed by atoms with Gasteiger partial charge in [-0.15, -0.1) is 11.8 Å². The van der Waals surface area contributed by atoms with Crippen molar-refractivity contribution in [3.63, 3.8) is 0 Å². The molecule has 150 valence electrons. The largest absolute Gasteiger partial charge is 0.360 e. The summed E-state index contributed by atoms with van der Waals surface area (Å²) in [5.41, 5.74) is 0.440. The van der Waals surface area contributed by atoms with Crippen molar-refractivity contribution in [1.29, 1.82) is 0 Å². The number of hydrogen-bond acceptors (Lipinski definition) is 6. The van der Waals surface area contributed by atoms with Crippen LogP contribution in [0.4, 0.5) is 15.9 Å². The zero-order valence-electron chi connectivity index (χ0n) is 15.7. The quantitative estimate of drug-likeness (QED) is 0.694. The van der Waals surface area contributed by atoms with Crippen molar-refractivity contribution in [2.24, 2.45) is 0 Å². The van der Waals surface area contributed by atoms with E-state index in [4.69, 9.17) is 4.52 Å². The molecular weight excluding hydrogens is 387 g/mol. The van der Waals surface area contributed by atoms with E-state index in [1.165, 1.54) is 36.2 Å². The van der Waals surface area contributed by atoms with Crippen molar-refractivity contribution in [2.45, 2.75) is 19.1 Å². The molecule has 1 atom stereocenters. The van der Waals surface area contributed by atoms with Crippen LogP contribution in [0, 0.1) is 12.7 Å². The second kappa shape index (κ2) is 9.88. The molecule has 0 spiro atoms. The molecule has 0 radical (unpaired) electrons. The first-order valence-corrected chi connectivity index (χ1v) is 9.44. The van der Waals surface area contributed by atoms with Crippen LogP contribution >= 0.6 is 11.8 Å². The van der Waals surface area contributed by atoms with Crippen LogP contribution in [0.25, 0.3) is 0 Å². The van der Waals surface area contributed by atoms with Crippen LogP contribution in [0.5, 0.6) is 0 Å². The van der Waals surface area contributed by atoms with Crippen LogP contribution in [0.2, 0.25) is 0 Å². The molecule has 0 fully saturated rings. The molecule has 10 heteroatoms. The Balaban J connectivity index is 1.74. The molecule has 0 aliphatic heterocycles. The Labute approximate surface area is 165 Å². The summed E-state index contributed by atoms with van der Waals surface area (Å²) in [6.07, 6.45) is 0. The van der Waals surface area contributed by atoms with E-state index in [1.807, 2.05) is 0 Å². The third-order valence-electron chi connectivity index (χ3n) is 3.64. The summed E-state index contributed by atoms with van der Waals surface area (Å²) in [5.74, 6) is -0.479. The number of benzene rings is 1. The molecule has 0 unspecified atom stereocenters. The number of thioether (sulfide) groups is 1. The Hall–Kier alpha value is -2.88. The van der Waals surface area contributed by atoms with Gasteiger partial charge in [-0.2, -0.15) is 0 Å². The zero-order valence-corrected chi connectivity index (χ0v) is 16.5. The number of aryl methyl sites for hydroxylation is 1. The van der Waals surface area contributed by atoms with Gasteiger partial charge in [-0.1, -0.05) is 5.16 Å². The second-order valence-electron chi connectivity index (χ2n) is 6.07. The lowest BCUT2D eigenvalue weighted by Gasteiger charge is -2.18. The van der Waals surface area contributed by atoms with Gasteiger partial charge in [0.15, 0.2) is 5.82 Å². The van der Waals surface area contributed by atoms with Gasteiger partial charge >= 0.3 is 0 Å². The molecule has 1 aromatic heterocycles. The molecule has 1 aromatic carbocycles. The Morgan fingerprint density at radius 2 is 1.93 bits per heavy atom. The van der Waals surface area contributed by atoms with Gasteiger partial charge in [-0.3, -0.25) is 14.4 Å². The molecule has 0 saturated carbocycles. The minimum absolute atomic E-state index is 0.0345. The van der Waals surface area contributed by atoms with Crippen LogP contribution in [0.1, 0.15) is 12.7 Å². The first kappa shape index (κ1) is 21.4. The van der Waals surface area contributed by atoms with E-state index >= 15 is 0 Å². The highest BCUT2D eigenvalue weighted by molar-refractivity contribution is 8.01. The maximum Gasteiger partial charge on any atom is 0.243 e. The van der Waals surface area contributed by atoms with Crippen LogP contribution in [0.3, 0.4) is 0 Å². The highest BCUT2D eigenvalue weighted by Crippen LogP contribution is 2.15. The summed E-state index contributed by atoms with van der Waals surface area (Å²) in [6, 6.07) is 6.92. The van der Waals surface area contributed by atoms with Gasteiger partial charge in [-0.25, -0.2) is 4.39 Å². The minimum atomic E-state index is -0.498. The minimum Gasteiger partial charge on any atom is -0.360 e. The molecule has 3 amide bonds. The van der Waals surface area contributed by atoms with E-state index < -0.39 is 17.0 Å². The van der Waals surface area contributed by atoms with Crippen LogP contribution in [-0.4, -0.2) is 52.4 Å². The van der Waals surface area contributed by atoms with Crippen molar-refractivity contribution >= 4 is 41.0 Å². The van der Waals surface area contributed by atoms with Crippen LogP contribution in [-0.2, 0) is 14.4 Å². The number of halogens is 1. The summed E-state index contributed by atoms with van der Waals surface area (Å²) in [5, 5.41) is 8.36. The molecule has 2 N–H and O–H groups in total. The molecule has 0 saturated heterocycles. The number of rotatable bonds is 8. The van der Waals surface area contributed by atoms with Gasteiger partial charge in [0, 0.05) is 18.8 Å². The Kier molecular flexibility index (Phi) is 7.56. The maximum atomic E-state index is 12.9. The first-order chi connectivity index (χ1) is 13.2. The molecule has 28 heavy (non-hydrogen) atoms. The van der Waals surface area contributed by atoms with Gasteiger partial charge in [0.2, 0.25) is 17.7 Å². The number of nitrogens with zero attached hydrogens (tertiary/aromatic N) is 2. The molecule has 1 heterocycles. The predicted molar refractivity (Wildman–Crippen MR) is 104 cm³/mol. The number of amides is 3. The lowest BCUT2D eigenvalue weighted by Crippen LogP contribution is -2.36. The van der Waals surface area contributed by atoms with Crippen molar-refractivity contribution in [2.75, 3.05) is 30.0 Å². The lowest BCUT2D eigenvalue weighted by molar-refractivity contribution is -0.131. The van der Waals surface area contributed by atoms with E-state index in [0.717, 1.165) is 11.8 Å². The van der Waals surface area contributed by atoms with E-state index in [-0.39, 0.29) is 24.1 Å². The summed E-state index contributed by atoms with van der Waals surface area (Å²) in [6.45, 7) is 3.22. The van der Waals surface area contributed by atoms with Crippen molar-refractivity contribution in [1.82, 2.24) is 10.1 Å². The van der Waals surface area contributed by atoms with Gasteiger partial charge in [0.1, 0.15) is 11.6 Å². The van der Waals surface area contributed by atoms with Crippen LogP contribution < -0.4 is 10.6 Å². The highest BCUT2D eigenvalue weighted by atomic mass is 32.2. The van der Waals surface area contributed by atoms with Gasteiger partial charge < -0.3 is 20.1 Å². The Morgan fingerprint density at radius 3 is 2.54 bits per heavy atom. The average molecular weight is 408 g/mol. The fourth-order valence-electron chi connectivity index (χ4n) is 2.07. The smallest absolute Gasteiger partial charge is 0.243 e. The molecule has 0 bridgehead atoms. The normalized spacial score (nSPS) is 11.6. The second-order valence-corrected chi connectivity index (χ2v) is 7.40. The molecule has 2 rings (SSSR count). The first-order valence-electron chi connectivity index (χ1n) is 8.39. The number of likely N-dealkylation sites (N-methyl/N-ethyl adjacent to an activating group) is 1. The van der Waals surface area contributed by atoms with Crippen molar-refractivity contribution < 1.29 is 23.3 Å². The molecular formula is C18H21FN4O4S. The zero-order chi connectivity index (χ0) is 20.7. The topological polar surface area (TPSA) is 105 Å². The van der Waals surface area contributed by atoms with E-state index in [0.29, 0.717) is 17.3 Å². The van der Waals surface area contributed by atoms with Gasteiger partial charge in [0.25, 0.3) is 0 Å². The summed E-state index contributed by atoms with van der Waals surface area (Å²) in [4.78, 5) is 37.5. The van der Waals surface area contributed by atoms with Crippen molar-refractivity contribution in [3.8, 4) is 0 Å². The fourth-order valence-corrected chi connectivity index (χ4v) is 2.90. The van der Waals surface area contributed by atoms with Gasteiger partial charge in [-0.05, 0) is 38.1 Å². The standard InChI is InChI=1S/C18H21FN4O4S/c1-11-8-15(22-27-11)21-18(26)12(2)28-10-17(25)23(3)9-16(24)20-14-6-4-13(19)5-7-14/h4-8,12H,9-10H2,1-3H3,(H,20,24)(H,21,22,26)/t12-/m1/s1. The van der Waals surface area contributed by atoms with Gasteiger partial charge in [0.05, 0.1) is 17.5 Å². The monoisotopic (exact) mass is 408 g/mol. The van der Waals surface area contributed by atoms with E-state index in [9.17, 15) is 18.8 Å². The Bertz CT molecular complexity index is 840. The summed E-state index contributed by atoms with van der Waals surface area (Å²) in [7, 11) is 1.50. The molecule has 2 aromatic rings. The number of carbonyl (C=O) groups is 3. The number of nitrogens with one attached hydrogen (secondary N) is 2. The SMILES string of the molecule is Cc1cc(NC(=O)[C@@H](C)SCC(=O)N(C)CC(=O)Nc2ccc(F)cc2)no1. The summed E-state index contributed by atoms with van der Waals surface area (Å²) < 4.78 is 17.7. The molecule has 8 nitrogen and oxygen atoms in total. The molecule has 0 aliphatic rings. The third-order valence-corrected chi connectivity index (χ3v) is 4.77. The highest BCUT2D eigenvalue weighted by Gasteiger charge is 2.19. The number of carbonyl (C=O) groups excluding carboxylic acids is 3. The number of aromatic nitrogens is 1. The fraction of sp³-hybridized carbons (Fsp3) is 0.333. The number of hydrogen-bond donors (Lipinski definition) is 2. The number of anilines is 2.